The molecule has 0 atom stereocenters. The maximum Gasteiger partial charge on any atom is 0.343 e. The van der Waals surface area contributed by atoms with Gasteiger partial charge in [-0.15, -0.1) is 0 Å². The first-order valence-electron chi connectivity index (χ1n) is 5.72. The second kappa shape index (κ2) is 6.05. The molecule has 0 aliphatic heterocycles. The number of benzene rings is 2. The van der Waals surface area contributed by atoms with Gasteiger partial charge in [0, 0.05) is 8.04 Å². The minimum atomic E-state index is -0.330. The van der Waals surface area contributed by atoms with Gasteiger partial charge in [-0.25, -0.2) is 4.79 Å². The Labute approximate surface area is 134 Å². The van der Waals surface area contributed by atoms with Crippen molar-refractivity contribution in [3.8, 4) is 5.75 Å². The third-order valence-electron chi connectivity index (χ3n) is 2.75. The molecule has 0 amide bonds. The van der Waals surface area contributed by atoms with E-state index in [1.165, 1.54) is 0 Å². The van der Waals surface area contributed by atoms with E-state index in [1.807, 2.05) is 38.1 Å². The Balaban J connectivity index is 2.23. The van der Waals surface area contributed by atoms with Crippen LogP contribution in [0.25, 0.3) is 0 Å². The fourth-order valence-electron chi connectivity index (χ4n) is 1.61. The van der Waals surface area contributed by atoms with Gasteiger partial charge in [-0.3, -0.25) is 0 Å². The van der Waals surface area contributed by atoms with Crippen molar-refractivity contribution < 1.29 is 9.53 Å². The van der Waals surface area contributed by atoms with Gasteiger partial charge in [0.15, 0.2) is 0 Å². The van der Waals surface area contributed by atoms with Gasteiger partial charge in [-0.1, -0.05) is 22.0 Å². The van der Waals surface area contributed by atoms with Gasteiger partial charge in [-0.05, 0) is 77.9 Å². The molecule has 0 saturated heterocycles. The van der Waals surface area contributed by atoms with Crippen molar-refractivity contribution in [3.05, 3.63) is 61.1 Å². The molecule has 0 aliphatic rings. The molecule has 2 aromatic rings. The van der Waals surface area contributed by atoms with Crippen LogP contribution in [0.15, 0.2) is 40.9 Å². The number of aryl methyl sites for hydroxylation is 2. The zero-order valence-corrected chi connectivity index (χ0v) is 14.3. The zero-order chi connectivity index (χ0) is 14.0. The Morgan fingerprint density at radius 3 is 2.47 bits per heavy atom. The van der Waals surface area contributed by atoms with Crippen LogP contribution in [0.1, 0.15) is 21.5 Å². The average Bonchev–Trinajstić information content (AvgIpc) is 2.36. The van der Waals surface area contributed by atoms with Gasteiger partial charge < -0.3 is 4.74 Å². The molecule has 19 heavy (non-hydrogen) atoms. The Kier molecular flexibility index (Phi) is 4.62. The topological polar surface area (TPSA) is 26.3 Å². The average molecular weight is 431 g/mol. The molecule has 0 unspecified atom stereocenters. The Morgan fingerprint density at radius 2 is 1.84 bits per heavy atom. The molecule has 0 saturated carbocycles. The predicted octanol–water partition coefficient (Wildman–Crippen LogP) is 4.89. The van der Waals surface area contributed by atoms with E-state index in [0.29, 0.717) is 11.3 Å². The second-order valence-corrected chi connectivity index (χ2v) is 6.34. The van der Waals surface area contributed by atoms with E-state index in [0.717, 1.165) is 19.2 Å². The first kappa shape index (κ1) is 14.5. The monoisotopic (exact) mass is 430 g/mol. The van der Waals surface area contributed by atoms with E-state index in [1.54, 1.807) is 12.1 Å². The molecule has 0 aromatic heterocycles. The van der Waals surface area contributed by atoms with Crippen molar-refractivity contribution in [3.63, 3.8) is 0 Å². The number of hydrogen-bond donors (Lipinski definition) is 0. The Morgan fingerprint density at radius 1 is 1.11 bits per heavy atom. The van der Waals surface area contributed by atoms with Crippen LogP contribution >= 0.6 is 38.5 Å². The summed E-state index contributed by atoms with van der Waals surface area (Å²) in [6.07, 6.45) is 0. The van der Waals surface area contributed by atoms with Crippen LogP contribution in [0.2, 0.25) is 0 Å². The highest BCUT2D eigenvalue weighted by Crippen LogP contribution is 2.23. The lowest BCUT2D eigenvalue weighted by atomic mass is 10.1. The highest BCUT2D eigenvalue weighted by atomic mass is 127. The van der Waals surface area contributed by atoms with Gasteiger partial charge in [0.05, 0.1) is 5.56 Å². The van der Waals surface area contributed by atoms with Gasteiger partial charge in [0.1, 0.15) is 5.75 Å². The number of esters is 1. The van der Waals surface area contributed by atoms with Gasteiger partial charge in [-0.2, -0.15) is 0 Å². The van der Waals surface area contributed by atoms with Crippen molar-refractivity contribution >= 4 is 44.5 Å². The molecule has 0 fully saturated rings. The third-order valence-corrected chi connectivity index (χ3v) is 4.40. The highest BCUT2D eigenvalue weighted by Gasteiger charge is 2.11. The van der Waals surface area contributed by atoms with Crippen LogP contribution in [0.4, 0.5) is 0 Å². The summed E-state index contributed by atoms with van der Waals surface area (Å²) in [6.45, 7) is 3.92. The van der Waals surface area contributed by atoms with Crippen molar-refractivity contribution in [2.75, 3.05) is 0 Å². The number of rotatable bonds is 2. The minimum absolute atomic E-state index is 0.330. The molecule has 2 aromatic carbocycles. The van der Waals surface area contributed by atoms with Gasteiger partial charge in [0.2, 0.25) is 0 Å². The largest absolute Gasteiger partial charge is 0.423 e. The lowest BCUT2D eigenvalue weighted by Gasteiger charge is -2.08. The minimum Gasteiger partial charge on any atom is -0.423 e. The van der Waals surface area contributed by atoms with Crippen molar-refractivity contribution in [2.45, 2.75) is 13.8 Å². The van der Waals surface area contributed by atoms with Crippen LogP contribution in [-0.4, -0.2) is 5.97 Å². The molecule has 4 heteroatoms. The predicted molar refractivity (Wildman–Crippen MR) is 87.7 cm³/mol. The molecule has 2 rings (SSSR count). The van der Waals surface area contributed by atoms with E-state index in [-0.39, 0.29) is 5.97 Å². The lowest BCUT2D eigenvalue weighted by molar-refractivity contribution is 0.0733. The fourth-order valence-corrected chi connectivity index (χ4v) is 2.60. The summed E-state index contributed by atoms with van der Waals surface area (Å²) in [5.74, 6) is 0.257. The smallest absolute Gasteiger partial charge is 0.343 e. The molecule has 98 valence electrons. The quantitative estimate of drug-likeness (QED) is 0.385. The molecule has 0 heterocycles. The number of hydrogen-bond acceptors (Lipinski definition) is 2. The maximum absolute atomic E-state index is 12.1. The van der Waals surface area contributed by atoms with Gasteiger partial charge in [0.25, 0.3) is 0 Å². The van der Waals surface area contributed by atoms with Crippen molar-refractivity contribution in [1.82, 2.24) is 0 Å². The van der Waals surface area contributed by atoms with E-state index in [2.05, 4.69) is 38.5 Å². The maximum atomic E-state index is 12.1. The molecule has 0 spiro atoms. The van der Waals surface area contributed by atoms with Crippen LogP contribution in [0.3, 0.4) is 0 Å². The van der Waals surface area contributed by atoms with E-state index >= 15 is 0 Å². The normalized spacial score (nSPS) is 10.3. The molecule has 0 aliphatic carbocycles. The van der Waals surface area contributed by atoms with Crippen molar-refractivity contribution in [1.29, 1.82) is 0 Å². The number of carbonyl (C=O) groups is 1. The van der Waals surface area contributed by atoms with Crippen LogP contribution in [0, 0.1) is 17.4 Å². The van der Waals surface area contributed by atoms with E-state index < -0.39 is 0 Å². The van der Waals surface area contributed by atoms with E-state index in [9.17, 15) is 4.79 Å². The lowest BCUT2D eigenvalue weighted by Crippen LogP contribution is -2.09. The zero-order valence-electron chi connectivity index (χ0n) is 10.5. The first-order chi connectivity index (χ1) is 8.97. The van der Waals surface area contributed by atoms with Gasteiger partial charge >= 0.3 is 5.97 Å². The SMILES string of the molecule is Cc1ccc(C(=O)Oc2ccc(Br)cc2C)cc1I. The fraction of sp³-hybridized carbons (Fsp3) is 0.133. The molecule has 0 radical (unpaired) electrons. The summed E-state index contributed by atoms with van der Waals surface area (Å²) < 4.78 is 7.44. The molecule has 2 nitrogen and oxygen atoms in total. The highest BCUT2D eigenvalue weighted by molar-refractivity contribution is 14.1. The standard InChI is InChI=1S/C15H12BrIO2/c1-9-3-4-11(8-13(9)17)15(18)19-14-6-5-12(16)7-10(14)2/h3-8H,1-2H3. The Hall–Kier alpha value is -0.880. The Bertz CT molecular complexity index is 638. The molecule has 0 bridgehead atoms. The summed E-state index contributed by atoms with van der Waals surface area (Å²) >= 11 is 5.59. The van der Waals surface area contributed by atoms with E-state index in [4.69, 9.17) is 4.74 Å². The first-order valence-corrected chi connectivity index (χ1v) is 7.59. The van der Waals surface area contributed by atoms with Crippen LogP contribution < -0.4 is 4.74 Å². The van der Waals surface area contributed by atoms with Crippen molar-refractivity contribution in [2.24, 2.45) is 0 Å². The third kappa shape index (κ3) is 3.57. The summed E-state index contributed by atoms with van der Waals surface area (Å²) in [5.41, 5.74) is 2.64. The molecular weight excluding hydrogens is 419 g/mol. The number of halogens is 2. The molecular formula is C15H12BrIO2. The van der Waals surface area contributed by atoms with Crippen LogP contribution in [0.5, 0.6) is 5.75 Å². The number of ether oxygens (including phenoxy) is 1. The summed E-state index contributed by atoms with van der Waals surface area (Å²) in [5, 5.41) is 0. The number of carbonyl (C=O) groups excluding carboxylic acids is 1. The summed E-state index contributed by atoms with van der Waals surface area (Å²) in [7, 11) is 0. The molecule has 0 N–H and O–H groups in total. The summed E-state index contributed by atoms with van der Waals surface area (Å²) in [4.78, 5) is 12.1. The second-order valence-electron chi connectivity index (χ2n) is 4.26. The van der Waals surface area contributed by atoms with Crippen LogP contribution in [-0.2, 0) is 0 Å². The summed E-state index contributed by atoms with van der Waals surface area (Å²) in [6, 6.07) is 11.1.